The molecule has 0 unspecified atom stereocenters. The van der Waals surface area contributed by atoms with Crippen molar-refractivity contribution in [2.24, 2.45) is 0 Å². The minimum Gasteiger partial charge on any atom is -0.397 e. The highest BCUT2D eigenvalue weighted by Crippen LogP contribution is 2.33. The maximum Gasteiger partial charge on any atom is 0.143 e. The minimum atomic E-state index is 0.731. The third kappa shape index (κ3) is 2.00. The fraction of sp³-hybridized carbons (Fsp3) is 0.188. The van der Waals surface area contributed by atoms with Crippen LogP contribution in [0.5, 0.6) is 0 Å². The Morgan fingerprint density at radius 3 is 2.80 bits per heavy atom. The van der Waals surface area contributed by atoms with Crippen molar-refractivity contribution < 1.29 is 0 Å². The first-order valence-electron chi connectivity index (χ1n) is 6.63. The van der Waals surface area contributed by atoms with Crippen LogP contribution in [-0.2, 0) is 6.54 Å². The average Bonchev–Trinajstić information content (AvgIpc) is 2.79. The molecule has 0 saturated heterocycles. The van der Waals surface area contributed by atoms with Gasteiger partial charge in [0.25, 0.3) is 0 Å². The number of aromatic nitrogens is 2. The predicted octanol–water partition coefficient (Wildman–Crippen LogP) is 4.38. The number of para-hydroxylation sites is 1. The van der Waals surface area contributed by atoms with E-state index in [1.807, 2.05) is 18.2 Å². The third-order valence-electron chi connectivity index (χ3n) is 3.51. The highest BCUT2D eigenvalue weighted by Gasteiger charge is 2.14. The van der Waals surface area contributed by atoms with E-state index in [0.29, 0.717) is 0 Å². The van der Waals surface area contributed by atoms with Gasteiger partial charge in [0.05, 0.1) is 16.7 Å². The second-order valence-corrected chi connectivity index (χ2v) is 5.73. The van der Waals surface area contributed by atoms with Crippen LogP contribution in [0.25, 0.3) is 22.4 Å². The van der Waals surface area contributed by atoms with Gasteiger partial charge >= 0.3 is 0 Å². The number of fused-ring (bicyclic) bond motifs is 1. The SMILES string of the molecule is CCn1c(-c2cccc(Br)c2N)nc2cc(C)ccc21. The first-order valence-corrected chi connectivity index (χ1v) is 7.42. The molecule has 3 nitrogen and oxygen atoms in total. The highest BCUT2D eigenvalue weighted by molar-refractivity contribution is 9.10. The molecule has 0 bridgehead atoms. The monoisotopic (exact) mass is 329 g/mol. The van der Waals surface area contributed by atoms with Crippen LogP contribution in [0.2, 0.25) is 0 Å². The standard InChI is InChI=1S/C16H16BrN3/c1-3-20-14-8-7-10(2)9-13(14)19-16(20)11-5-4-6-12(17)15(11)18/h4-9H,3,18H2,1-2H3. The van der Waals surface area contributed by atoms with Crippen LogP contribution < -0.4 is 5.73 Å². The fourth-order valence-corrected chi connectivity index (χ4v) is 2.86. The molecule has 1 heterocycles. The fourth-order valence-electron chi connectivity index (χ4n) is 2.50. The summed E-state index contributed by atoms with van der Waals surface area (Å²) >= 11 is 3.48. The molecule has 0 amide bonds. The largest absolute Gasteiger partial charge is 0.397 e. The number of halogens is 1. The molecule has 0 radical (unpaired) electrons. The molecule has 0 fully saturated rings. The molecule has 0 aliphatic heterocycles. The molecule has 0 saturated carbocycles. The van der Waals surface area contributed by atoms with Crippen LogP contribution in [0.4, 0.5) is 5.69 Å². The van der Waals surface area contributed by atoms with Crippen molar-refractivity contribution in [3.63, 3.8) is 0 Å². The van der Waals surface area contributed by atoms with Gasteiger partial charge in [-0.05, 0) is 59.6 Å². The van der Waals surface area contributed by atoms with E-state index in [1.165, 1.54) is 5.56 Å². The average molecular weight is 330 g/mol. The second-order valence-electron chi connectivity index (χ2n) is 4.87. The third-order valence-corrected chi connectivity index (χ3v) is 4.21. The highest BCUT2D eigenvalue weighted by atomic mass is 79.9. The Balaban J connectivity index is 2.33. The molecule has 20 heavy (non-hydrogen) atoms. The van der Waals surface area contributed by atoms with Crippen LogP contribution in [0.3, 0.4) is 0 Å². The van der Waals surface area contributed by atoms with Gasteiger partial charge in [-0.15, -0.1) is 0 Å². The molecular weight excluding hydrogens is 314 g/mol. The Bertz CT molecular complexity index is 790. The van der Waals surface area contributed by atoms with Crippen LogP contribution in [0.1, 0.15) is 12.5 Å². The van der Waals surface area contributed by atoms with Crippen molar-refractivity contribution in [2.75, 3.05) is 5.73 Å². The van der Waals surface area contributed by atoms with Gasteiger partial charge in [-0.1, -0.05) is 12.1 Å². The maximum absolute atomic E-state index is 6.19. The molecule has 0 atom stereocenters. The summed E-state index contributed by atoms with van der Waals surface area (Å²) in [4.78, 5) is 4.78. The maximum atomic E-state index is 6.19. The summed E-state index contributed by atoms with van der Waals surface area (Å²) in [7, 11) is 0. The number of nitrogen functional groups attached to an aromatic ring is 1. The Labute approximate surface area is 126 Å². The van der Waals surface area contributed by atoms with E-state index < -0.39 is 0 Å². The zero-order valence-electron chi connectivity index (χ0n) is 11.5. The molecule has 2 aromatic carbocycles. The van der Waals surface area contributed by atoms with E-state index in [0.717, 1.165) is 39.1 Å². The minimum absolute atomic E-state index is 0.731. The lowest BCUT2D eigenvalue weighted by Gasteiger charge is -2.09. The summed E-state index contributed by atoms with van der Waals surface area (Å²) in [5.41, 5.74) is 11.3. The Kier molecular flexibility index (Phi) is 3.26. The lowest BCUT2D eigenvalue weighted by molar-refractivity contribution is 0.796. The summed E-state index contributed by atoms with van der Waals surface area (Å²) in [5, 5.41) is 0. The first kappa shape index (κ1) is 13.2. The van der Waals surface area contributed by atoms with Crippen LogP contribution in [0, 0.1) is 6.92 Å². The number of hydrogen-bond donors (Lipinski definition) is 1. The van der Waals surface area contributed by atoms with E-state index >= 15 is 0 Å². The van der Waals surface area contributed by atoms with Crippen LogP contribution >= 0.6 is 15.9 Å². The van der Waals surface area contributed by atoms with E-state index in [2.05, 4.69) is 52.5 Å². The molecule has 4 heteroatoms. The zero-order chi connectivity index (χ0) is 14.3. The molecule has 0 aliphatic carbocycles. The smallest absolute Gasteiger partial charge is 0.143 e. The van der Waals surface area contributed by atoms with E-state index in [1.54, 1.807) is 0 Å². The summed E-state index contributed by atoms with van der Waals surface area (Å²) < 4.78 is 3.10. The van der Waals surface area contributed by atoms with Gasteiger partial charge in [-0.2, -0.15) is 0 Å². The van der Waals surface area contributed by atoms with Gasteiger partial charge in [0.2, 0.25) is 0 Å². The normalized spacial score (nSPS) is 11.2. The Hall–Kier alpha value is -1.81. The van der Waals surface area contributed by atoms with Gasteiger partial charge in [-0.3, -0.25) is 0 Å². The Morgan fingerprint density at radius 2 is 2.05 bits per heavy atom. The number of imidazole rings is 1. The first-order chi connectivity index (χ1) is 9.61. The van der Waals surface area contributed by atoms with Gasteiger partial charge in [0.15, 0.2) is 0 Å². The lowest BCUT2D eigenvalue weighted by atomic mass is 10.1. The number of anilines is 1. The van der Waals surface area contributed by atoms with E-state index in [9.17, 15) is 0 Å². The molecule has 102 valence electrons. The molecular formula is C16H16BrN3. The lowest BCUT2D eigenvalue weighted by Crippen LogP contribution is -2.00. The molecule has 3 rings (SSSR count). The van der Waals surface area contributed by atoms with Crippen molar-refractivity contribution in [2.45, 2.75) is 20.4 Å². The van der Waals surface area contributed by atoms with Crippen molar-refractivity contribution in [1.82, 2.24) is 9.55 Å². The van der Waals surface area contributed by atoms with Crippen molar-refractivity contribution in [3.8, 4) is 11.4 Å². The number of nitrogens with two attached hydrogens (primary N) is 1. The topological polar surface area (TPSA) is 43.8 Å². The van der Waals surface area contributed by atoms with Crippen molar-refractivity contribution >= 4 is 32.7 Å². The van der Waals surface area contributed by atoms with Gasteiger partial charge in [0.1, 0.15) is 5.82 Å². The molecule has 0 aliphatic rings. The summed E-state index contributed by atoms with van der Waals surface area (Å²) in [5.74, 6) is 0.923. The number of rotatable bonds is 2. The Morgan fingerprint density at radius 1 is 1.25 bits per heavy atom. The summed E-state index contributed by atoms with van der Waals surface area (Å²) in [6.45, 7) is 5.07. The van der Waals surface area contributed by atoms with Gasteiger partial charge in [0, 0.05) is 16.6 Å². The predicted molar refractivity (Wildman–Crippen MR) is 87.7 cm³/mol. The number of aryl methyl sites for hydroxylation is 2. The van der Waals surface area contributed by atoms with Crippen LogP contribution in [-0.4, -0.2) is 9.55 Å². The molecule has 1 aromatic heterocycles. The zero-order valence-corrected chi connectivity index (χ0v) is 13.1. The van der Waals surface area contributed by atoms with Crippen molar-refractivity contribution in [1.29, 1.82) is 0 Å². The summed E-state index contributed by atoms with van der Waals surface area (Å²) in [6.07, 6.45) is 0. The van der Waals surface area contributed by atoms with Gasteiger partial charge in [-0.25, -0.2) is 4.98 Å². The number of hydrogen-bond acceptors (Lipinski definition) is 2. The number of benzene rings is 2. The number of nitrogens with zero attached hydrogens (tertiary/aromatic N) is 2. The van der Waals surface area contributed by atoms with Crippen LogP contribution in [0.15, 0.2) is 40.9 Å². The molecule has 2 N–H and O–H groups in total. The molecule has 3 aromatic rings. The van der Waals surface area contributed by atoms with E-state index in [4.69, 9.17) is 10.7 Å². The summed E-state index contributed by atoms with van der Waals surface area (Å²) in [6, 6.07) is 12.3. The molecule has 0 spiro atoms. The second kappa shape index (κ2) is 4.94. The van der Waals surface area contributed by atoms with Crippen molar-refractivity contribution in [3.05, 3.63) is 46.4 Å². The van der Waals surface area contributed by atoms with E-state index in [-0.39, 0.29) is 0 Å². The quantitative estimate of drug-likeness (QED) is 0.709. The van der Waals surface area contributed by atoms with Gasteiger partial charge < -0.3 is 10.3 Å².